The Labute approximate surface area is 160 Å². The van der Waals surface area contributed by atoms with Crippen molar-refractivity contribution in [1.29, 1.82) is 0 Å². The molecule has 8 heteroatoms. The zero-order chi connectivity index (χ0) is 20.3. The summed E-state index contributed by atoms with van der Waals surface area (Å²) in [6.45, 7) is 1.54. The first-order valence-electron chi connectivity index (χ1n) is 8.39. The van der Waals surface area contributed by atoms with Crippen LogP contribution in [-0.2, 0) is 15.1 Å². The van der Waals surface area contributed by atoms with Gasteiger partial charge in [0.05, 0.1) is 7.11 Å². The SMILES string of the molecule is COc1cccc(C2(C)NC(=O)N(NC(=O)C=Cc3ccc(F)cc3)C2=O)c1. The number of benzene rings is 2. The van der Waals surface area contributed by atoms with Crippen LogP contribution in [0.4, 0.5) is 9.18 Å². The van der Waals surface area contributed by atoms with Crippen LogP contribution in [0.2, 0.25) is 0 Å². The van der Waals surface area contributed by atoms with Crippen LogP contribution >= 0.6 is 0 Å². The van der Waals surface area contributed by atoms with Gasteiger partial charge in [-0.2, -0.15) is 5.01 Å². The van der Waals surface area contributed by atoms with Gasteiger partial charge in [0, 0.05) is 6.08 Å². The summed E-state index contributed by atoms with van der Waals surface area (Å²) in [5.74, 6) is -1.17. The number of urea groups is 1. The molecule has 144 valence electrons. The molecule has 0 spiro atoms. The molecule has 0 bridgehead atoms. The van der Waals surface area contributed by atoms with Gasteiger partial charge in [-0.05, 0) is 48.4 Å². The van der Waals surface area contributed by atoms with E-state index in [1.54, 1.807) is 31.2 Å². The van der Waals surface area contributed by atoms with Crippen molar-refractivity contribution < 1.29 is 23.5 Å². The number of hydrogen-bond acceptors (Lipinski definition) is 4. The van der Waals surface area contributed by atoms with E-state index < -0.39 is 29.2 Å². The minimum absolute atomic E-state index is 0.391. The van der Waals surface area contributed by atoms with E-state index in [1.807, 2.05) is 0 Å². The molecule has 1 aliphatic heterocycles. The fourth-order valence-corrected chi connectivity index (χ4v) is 2.76. The molecule has 1 aliphatic rings. The molecule has 0 aliphatic carbocycles. The largest absolute Gasteiger partial charge is 0.497 e. The van der Waals surface area contributed by atoms with E-state index in [2.05, 4.69) is 10.7 Å². The van der Waals surface area contributed by atoms with Crippen LogP contribution in [0, 0.1) is 5.82 Å². The van der Waals surface area contributed by atoms with E-state index in [9.17, 15) is 18.8 Å². The molecule has 1 unspecified atom stereocenters. The van der Waals surface area contributed by atoms with E-state index in [1.165, 1.54) is 37.5 Å². The smallest absolute Gasteiger partial charge is 0.344 e. The third-order valence-corrected chi connectivity index (χ3v) is 4.36. The number of nitrogens with zero attached hydrogens (tertiary/aromatic N) is 1. The first kappa shape index (κ1) is 19.1. The molecular weight excluding hydrogens is 365 g/mol. The summed E-state index contributed by atoms with van der Waals surface area (Å²) in [6, 6.07) is 11.5. The average molecular weight is 383 g/mol. The highest BCUT2D eigenvalue weighted by molar-refractivity contribution is 6.09. The molecule has 1 heterocycles. The number of amides is 4. The van der Waals surface area contributed by atoms with Gasteiger partial charge in [0.25, 0.3) is 11.8 Å². The standard InChI is InChI=1S/C20H18FN3O4/c1-20(14-4-3-5-16(12-14)28-2)18(26)24(19(27)22-20)23-17(25)11-8-13-6-9-15(21)10-7-13/h3-12H,1-2H3,(H,22,27)(H,23,25). The van der Waals surface area contributed by atoms with Crippen molar-refractivity contribution >= 4 is 23.9 Å². The topological polar surface area (TPSA) is 87.7 Å². The first-order valence-corrected chi connectivity index (χ1v) is 8.39. The zero-order valence-corrected chi connectivity index (χ0v) is 15.2. The lowest BCUT2D eigenvalue weighted by molar-refractivity contribution is -0.137. The first-order chi connectivity index (χ1) is 13.3. The lowest BCUT2D eigenvalue weighted by atomic mass is 9.92. The number of carbonyl (C=O) groups excluding carboxylic acids is 3. The number of nitrogens with one attached hydrogen (secondary N) is 2. The van der Waals surface area contributed by atoms with Gasteiger partial charge in [0.2, 0.25) is 0 Å². The van der Waals surface area contributed by atoms with Gasteiger partial charge >= 0.3 is 6.03 Å². The molecule has 7 nitrogen and oxygen atoms in total. The van der Waals surface area contributed by atoms with Crippen molar-refractivity contribution in [3.05, 3.63) is 71.6 Å². The van der Waals surface area contributed by atoms with Crippen molar-refractivity contribution in [1.82, 2.24) is 15.8 Å². The van der Waals surface area contributed by atoms with E-state index in [0.29, 0.717) is 21.9 Å². The molecule has 1 saturated heterocycles. The lowest BCUT2D eigenvalue weighted by Gasteiger charge is -2.22. The number of imide groups is 1. The Balaban J connectivity index is 1.74. The van der Waals surface area contributed by atoms with E-state index >= 15 is 0 Å². The van der Waals surface area contributed by atoms with Crippen LogP contribution in [0.25, 0.3) is 6.08 Å². The summed E-state index contributed by atoms with van der Waals surface area (Å²) < 4.78 is 18.1. The Bertz CT molecular complexity index is 958. The van der Waals surface area contributed by atoms with Crippen LogP contribution in [0.3, 0.4) is 0 Å². The summed E-state index contributed by atoms with van der Waals surface area (Å²) in [6.07, 6.45) is 2.59. The number of halogens is 1. The van der Waals surface area contributed by atoms with Crippen molar-refractivity contribution in [2.45, 2.75) is 12.5 Å². The van der Waals surface area contributed by atoms with Crippen molar-refractivity contribution in [2.24, 2.45) is 0 Å². The molecule has 2 aromatic carbocycles. The van der Waals surface area contributed by atoms with E-state index in [4.69, 9.17) is 4.74 Å². The molecule has 1 fully saturated rings. The van der Waals surface area contributed by atoms with Gasteiger partial charge in [0.15, 0.2) is 0 Å². The van der Waals surface area contributed by atoms with Crippen LogP contribution < -0.4 is 15.5 Å². The minimum atomic E-state index is -1.35. The Morgan fingerprint density at radius 1 is 1.21 bits per heavy atom. The second-order valence-electron chi connectivity index (χ2n) is 6.29. The number of rotatable bonds is 5. The highest BCUT2D eigenvalue weighted by Gasteiger charge is 2.50. The van der Waals surface area contributed by atoms with Crippen LogP contribution in [0.5, 0.6) is 5.75 Å². The third-order valence-electron chi connectivity index (χ3n) is 4.36. The molecule has 0 saturated carbocycles. The fraction of sp³-hybridized carbons (Fsp3) is 0.150. The number of methoxy groups -OCH3 is 1. The second kappa shape index (κ2) is 7.51. The van der Waals surface area contributed by atoms with E-state index in [0.717, 1.165) is 6.08 Å². The highest BCUT2D eigenvalue weighted by Crippen LogP contribution is 2.30. The molecule has 3 rings (SSSR count). The van der Waals surface area contributed by atoms with E-state index in [-0.39, 0.29) is 0 Å². The molecule has 0 radical (unpaired) electrons. The van der Waals surface area contributed by atoms with Crippen LogP contribution in [0.1, 0.15) is 18.1 Å². The Morgan fingerprint density at radius 3 is 2.61 bits per heavy atom. The van der Waals surface area contributed by atoms with Gasteiger partial charge in [-0.1, -0.05) is 24.3 Å². The quantitative estimate of drug-likeness (QED) is 0.613. The summed E-state index contributed by atoms with van der Waals surface area (Å²) in [5, 5.41) is 3.22. The molecule has 2 N–H and O–H groups in total. The van der Waals surface area contributed by atoms with Gasteiger partial charge in [-0.3, -0.25) is 15.0 Å². The molecule has 2 aromatic rings. The fourth-order valence-electron chi connectivity index (χ4n) is 2.76. The Hall–Kier alpha value is -3.68. The summed E-state index contributed by atoms with van der Waals surface area (Å²) in [4.78, 5) is 37.2. The summed E-state index contributed by atoms with van der Waals surface area (Å²) in [7, 11) is 1.50. The van der Waals surface area contributed by atoms with Gasteiger partial charge in [-0.15, -0.1) is 0 Å². The van der Waals surface area contributed by atoms with Crippen molar-refractivity contribution in [3.63, 3.8) is 0 Å². The molecular formula is C20H18FN3O4. The molecule has 0 aromatic heterocycles. The maximum absolute atomic E-state index is 12.9. The molecule has 1 atom stereocenters. The number of carbonyl (C=O) groups is 3. The number of hydrogen-bond donors (Lipinski definition) is 2. The number of hydrazine groups is 1. The lowest BCUT2D eigenvalue weighted by Crippen LogP contribution is -2.47. The minimum Gasteiger partial charge on any atom is -0.497 e. The van der Waals surface area contributed by atoms with Crippen molar-refractivity contribution in [3.8, 4) is 5.75 Å². The Kier molecular flexibility index (Phi) is 5.12. The maximum Gasteiger partial charge on any atom is 0.344 e. The van der Waals surface area contributed by atoms with Crippen molar-refractivity contribution in [2.75, 3.05) is 7.11 Å². The predicted molar refractivity (Wildman–Crippen MR) is 99.3 cm³/mol. The van der Waals surface area contributed by atoms with Gasteiger partial charge in [0.1, 0.15) is 17.1 Å². The normalized spacial score (nSPS) is 19.0. The van der Waals surface area contributed by atoms with Crippen LogP contribution in [0.15, 0.2) is 54.6 Å². The summed E-state index contributed by atoms with van der Waals surface area (Å²) in [5.41, 5.74) is 2.02. The highest BCUT2D eigenvalue weighted by atomic mass is 19.1. The zero-order valence-electron chi connectivity index (χ0n) is 15.2. The monoisotopic (exact) mass is 383 g/mol. The second-order valence-corrected chi connectivity index (χ2v) is 6.29. The molecule has 28 heavy (non-hydrogen) atoms. The number of ether oxygens (including phenoxy) is 1. The van der Waals surface area contributed by atoms with Gasteiger partial charge < -0.3 is 10.1 Å². The Morgan fingerprint density at radius 2 is 1.93 bits per heavy atom. The average Bonchev–Trinajstić information content (AvgIpc) is 2.91. The maximum atomic E-state index is 12.9. The predicted octanol–water partition coefficient (Wildman–Crippen LogP) is 2.35. The summed E-state index contributed by atoms with van der Waals surface area (Å²) >= 11 is 0. The third kappa shape index (κ3) is 3.71. The van der Waals surface area contributed by atoms with Gasteiger partial charge in [-0.25, -0.2) is 9.18 Å². The molecule has 4 amide bonds. The van der Waals surface area contributed by atoms with Crippen LogP contribution in [-0.4, -0.2) is 30.0 Å².